The molecule has 4 nitrogen and oxygen atoms in total. The number of hydrogen-bond acceptors (Lipinski definition) is 4. The highest BCUT2D eigenvalue weighted by Crippen LogP contribution is 2.09. The molecule has 0 radical (unpaired) electrons. The van der Waals surface area contributed by atoms with Crippen LogP contribution < -0.4 is 16.0 Å². The Balaban J connectivity index is 2.19. The molecule has 0 aliphatic rings. The maximum Gasteiger partial charge on any atom is 0.119 e. The summed E-state index contributed by atoms with van der Waals surface area (Å²) in [6.45, 7) is 5.24. The average Bonchev–Trinajstić information content (AvgIpc) is 2.34. The van der Waals surface area contributed by atoms with Gasteiger partial charge in [-0.25, -0.2) is 0 Å². The number of hydrogen-bond donors (Lipinski definition) is 2. The first-order valence-corrected chi connectivity index (χ1v) is 5.98. The Hall–Kier alpha value is -1.10. The van der Waals surface area contributed by atoms with Gasteiger partial charge in [0.1, 0.15) is 5.75 Å². The lowest BCUT2D eigenvalue weighted by Gasteiger charge is -2.17. The Labute approximate surface area is 103 Å². The van der Waals surface area contributed by atoms with E-state index in [2.05, 4.69) is 5.43 Å². The molecule has 1 atom stereocenters. The van der Waals surface area contributed by atoms with Gasteiger partial charge >= 0.3 is 0 Å². The van der Waals surface area contributed by atoms with Crippen LogP contribution in [0.4, 0.5) is 0 Å². The highest BCUT2D eigenvalue weighted by Gasteiger charge is 2.08. The Bertz CT molecular complexity index is 291. The zero-order chi connectivity index (χ0) is 12.5. The summed E-state index contributed by atoms with van der Waals surface area (Å²) in [5.41, 5.74) is 2.74. The van der Waals surface area contributed by atoms with Crippen LogP contribution in [0.25, 0.3) is 0 Å². The number of hydrazine groups is 1. The van der Waals surface area contributed by atoms with Gasteiger partial charge in [0, 0.05) is 12.5 Å². The molecule has 0 aliphatic heterocycles. The summed E-state index contributed by atoms with van der Waals surface area (Å²) in [6, 6.07) is 9.88. The first-order chi connectivity index (χ1) is 8.22. The van der Waals surface area contributed by atoms with E-state index in [1.165, 1.54) is 0 Å². The Kier molecular flexibility index (Phi) is 6.62. The third-order valence-electron chi connectivity index (χ3n) is 2.34. The van der Waals surface area contributed by atoms with Crippen LogP contribution in [0.5, 0.6) is 5.75 Å². The molecule has 0 aromatic heterocycles. The number of para-hydroxylation sites is 1. The van der Waals surface area contributed by atoms with Crippen LogP contribution in [-0.4, -0.2) is 25.4 Å². The smallest absolute Gasteiger partial charge is 0.119 e. The van der Waals surface area contributed by atoms with E-state index in [0.29, 0.717) is 13.2 Å². The molecule has 4 heteroatoms. The number of nitrogens with two attached hydrogens (primary N) is 1. The lowest BCUT2D eigenvalue weighted by atomic mass is 10.2. The minimum atomic E-state index is 0.126. The minimum Gasteiger partial charge on any atom is -0.494 e. The molecule has 0 saturated heterocycles. The second kappa shape index (κ2) is 8.06. The van der Waals surface area contributed by atoms with Crippen molar-refractivity contribution in [1.29, 1.82) is 0 Å². The standard InChI is InChI=1S/C13H22N2O2/c1-11(2)17-10-12(15-14)8-9-16-13-6-4-3-5-7-13/h3-7,11-12,15H,8-10,14H2,1-2H3. The van der Waals surface area contributed by atoms with Crippen molar-refractivity contribution in [2.75, 3.05) is 13.2 Å². The molecule has 0 amide bonds. The van der Waals surface area contributed by atoms with Crippen LogP contribution in [-0.2, 0) is 4.74 Å². The summed E-state index contributed by atoms with van der Waals surface area (Å²) in [7, 11) is 0. The predicted octanol–water partition coefficient (Wildman–Crippen LogP) is 1.71. The SMILES string of the molecule is CC(C)OCC(CCOc1ccccc1)NN. The van der Waals surface area contributed by atoms with Gasteiger partial charge in [-0.05, 0) is 26.0 Å². The number of nitrogens with one attached hydrogen (secondary N) is 1. The lowest BCUT2D eigenvalue weighted by molar-refractivity contribution is 0.0565. The van der Waals surface area contributed by atoms with E-state index in [1.807, 2.05) is 44.2 Å². The fourth-order valence-corrected chi connectivity index (χ4v) is 1.36. The molecular weight excluding hydrogens is 216 g/mol. The fourth-order valence-electron chi connectivity index (χ4n) is 1.36. The van der Waals surface area contributed by atoms with Crippen molar-refractivity contribution in [2.24, 2.45) is 5.84 Å². The van der Waals surface area contributed by atoms with Gasteiger partial charge in [0.05, 0.1) is 19.3 Å². The van der Waals surface area contributed by atoms with Gasteiger partial charge in [0.25, 0.3) is 0 Å². The maximum atomic E-state index is 5.59. The monoisotopic (exact) mass is 238 g/mol. The molecule has 0 fully saturated rings. The largest absolute Gasteiger partial charge is 0.494 e. The van der Waals surface area contributed by atoms with Gasteiger partial charge in [0.15, 0.2) is 0 Å². The third-order valence-corrected chi connectivity index (χ3v) is 2.34. The van der Waals surface area contributed by atoms with Crippen molar-refractivity contribution in [2.45, 2.75) is 32.4 Å². The molecule has 0 saturated carbocycles. The van der Waals surface area contributed by atoms with E-state index in [0.717, 1.165) is 12.2 Å². The Morgan fingerprint density at radius 2 is 1.94 bits per heavy atom. The van der Waals surface area contributed by atoms with Crippen molar-refractivity contribution in [1.82, 2.24) is 5.43 Å². The number of rotatable bonds is 8. The quantitative estimate of drug-likeness (QED) is 0.535. The second-order valence-corrected chi connectivity index (χ2v) is 4.20. The van der Waals surface area contributed by atoms with E-state index < -0.39 is 0 Å². The topological polar surface area (TPSA) is 56.5 Å². The summed E-state index contributed by atoms with van der Waals surface area (Å²) < 4.78 is 11.1. The van der Waals surface area contributed by atoms with Crippen LogP contribution in [0.15, 0.2) is 30.3 Å². The first-order valence-electron chi connectivity index (χ1n) is 5.98. The van der Waals surface area contributed by atoms with E-state index in [9.17, 15) is 0 Å². The van der Waals surface area contributed by atoms with Crippen LogP contribution in [0.1, 0.15) is 20.3 Å². The van der Waals surface area contributed by atoms with Crippen molar-refractivity contribution in [3.63, 3.8) is 0 Å². The number of benzene rings is 1. The van der Waals surface area contributed by atoms with Crippen molar-refractivity contribution in [3.05, 3.63) is 30.3 Å². The van der Waals surface area contributed by atoms with Gasteiger partial charge in [-0.15, -0.1) is 0 Å². The predicted molar refractivity (Wildman–Crippen MR) is 68.8 cm³/mol. The molecule has 0 spiro atoms. The van der Waals surface area contributed by atoms with Gasteiger partial charge in [-0.1, -0.05) is 18.2 Å². The van der Waals surface area contributed by atoms with E-state index in [-0.39, 0.29) is 12.1 Å². The first kappa shape index (κ1) is 14.0. The molecule has 1 rings (SSSR count). The Morgan fingerprint density at radius 3 is 2.53 bits per heavy atom. The summed E-state index contributed by atoms with van der Waals surface area (Å²) in [4.78, 5) is 0. The van der Waals surface area contributed by atoms with Crippen molar-refractivity contribution in [3.8, 4) is 5.75 Å². The normalized spacial score (nSPS) is 12.7. The fraction of sp³-hybridized carbons (Fsp3) is 0.538. The molecule has 3 N–H and O–H groups in total. The third kappa shape index (κ3) is 6.26. The molecular formula is C13H22N2O2. The molecule has 1 unspecified atom stereocenters. The van der Waals surface area contributed by atoms with Crippen LogP contribution >= 0.6 is 0 Å². The van der Waals surface area contributed by atoms with Gasteiger partial charge in [-0.3, -0.25) is 11.3 Å². The molecule has 0 aliphatic carbocycles. The van der Waals surface area contributed by atoms with Crippen LogP contribution in [0.2, 0.25) is 0 Å². The molecule has 0 bridgehead atoms. The zero-order valence-electron chi connectivity index (χ0n) is 10.6. The van der Waals surface area contributed by atoms with Gasteiger partial charge in [0.2, 0.25) is 0 Å². The van der Waals surface area contributed by atoms with Gasteiger partial charge < -0.3 is 9.47 Å². The molecule has 17 heavy (non-hydrogen) atoms. The van der Waals surface area contributed by atoms with Gasteiger partial charge in [-0.2, -0.15) is 0 Å². The highest BCUT2D eigenvalue weighted by atomic mass is 16.5. The van der Waals surface area contributed by atoms with Crippen molar-refractivity contribution < 1.29 is 9.47 Å². The molecule has 0 heterocycles. The lowest BCUT2D eigenvalue weighted by Crippen LogP contribution is -2.40. The van der Waals surface area contributed by atoms with Crippen molar-refractivity contribution >= 4 is 0 Å². The Morgan fingerprint density at radius 1 is 1.24 bits per heavy atom. The summed E-state index contributed by atoms with van der Waals surface area (Å²) in [5.74, 6) is 6.34. The zero-order valence-corrected chi connectivity index (χ0v) is 10.6. The van der Waals surface area contributed by atoms with E-state index in [4.69, 9.17) is 15.3 Å². The average molecular weight is 238 g/mol. The van der Waals surface area contributed by atoms with Crippen LogP contribution in [0, 0.1) is 0 Å². The maximum absolute atomic E-state index is 5.59. The highest BCUT2D eigenvalue weighted by molar-refractivity contribution is 5.20. The van der Waals surface area contributed by atoms with E-state index >= 15 is 0 Å². The number of ether oxygens (including phenoxy) is 2. The van der Waals surface area contributed by atoms with Crippen LogP contribution in [0.3, 0.4) is 0 Å². The van der Waals surface area contributed by atoms with E-state index in [1.54, 1.807) is 0 Å². The minimum absolute atomic E-state index is 0.126. The summed E-state index contributed by atoms with van der Waals surface area (Å²) >= 11 is 0. The summed E-state index contributed by atoms with van der Waals surface area (Å²) in [6.07, 6.45) is 1.04. The molecule has 96 valence electrons. The molecule has 1 aromatic carbocycles. The second-order valence-electron chi connectivity index (χ2n) is 4.20. The summed E-state index contributed by atoms with van der Waals surface area (Å²) in [5, 5.41) is 0. The molecule has 1 aromatic rings.